The van der Waals surface area contributed by atoms with Crippen LogP contribution in [0.5, 0.6) is 0 Å². The molecule has 1 amide bonds. The van der Waals surface area contributed by atoms with Gasteiger partial charge in [-0.15, -0.1) is 0 Å². The van der Waals surface area contributed by atoms with Crippen LogP contribution in [0.4, 0.5) is 0 Å². The number of piperidine rings is 1. The van der Waals surface area contributed by atoms with Gasteiger partial charge in [-0.25, -0.2) is 0 Å². The highest BCUT2D eigenvalue weighted by molar-refractivity contribution is 5.76. The summed E-state index contributed by atoms with van der Waals surface area (Å²) in [7, 11) is 4.24. The predicted octanol–water partition coefficient (Wildman–Crippen LogP) is 1.29. The van der Waals surface area contributed by atoms with E-state index in [0.717, 1.165) is 65.3 Å². The van der Waals surface area contributed by atoms with Gasteiger partial charge in [-0.3, -0.25) is 9.69 Å². The first-order valence-electron chi connectivity index (χ1n) is 8.77. The highest BCUT2D eigenvalue weighted by Gasteiger charge is 2.39. The number of ether oxygens (including phenoxy) is 1. The van der Waals surface area contributed by atoms with Crippen LogP contribution in [-0.2, 0) is 9.53 Å². The molecule has 2 rings (SSSR count). The van der Waals surface area contributed by atoms with Crippen molar-refractivity contribution in [2.75, 3.05) is 66.6 Å². The molecule has 1 atom stereocenters. The number of carbonyl (C=O) groups excluding carboxylic acids is 1. The molecule has 0 aromatic heterocycles. The van der Waals surface area contributed by atoms with Gasteiger partial charge in [0.05, 0.1) is 13.2 Å². The molecule has 2 saturated heterocycles. The van der Waals surface area contributed by atoms with Crippen molar-refractivity contribution in [2.45, 2.75) is 32.6 Å². The van der Waals surface area contributed by atoms with E-state index in [4.69, 9.17) is 4.74 Å². The van der Waals surface area contributed by atoms with Crippen LogP contribution in [0.25, 0.3) is 0 Å². The molecule has 2 heterocycles. The van der Waals surface area contributed by atoms with Gasteiger partial charge in [-0.2, -0.15) is 0 Å². The molecule has 22 heavy (non-hydrogen) atoms. The van der Waals surface area contributed by atoms with Crippen LogP contribution in [0.2, 0.25) is 0 Å². The first-order chi connectivity index (χ1) is 10.5. The van der Waals surface area contributed by atoms with Crippen molar-refractivity contribution in [3.63, 3.8) is 0 Å². The zero-order chi connectivity index (χ0) is 16.0. The monoisotopic (exact) mass is 311 g/mol. The molecule has 5 nitrogen and oxygen atoms in total. The number of amides is 1. The number of likely N-dealkylation sites (N-methyl/N-ethyl adjacent to an activating group) is 1. The molecule has 1 unspecified atom stereocenters. The first kappa shape index (κ1) is 17.7. The number of likely N-dealkylation sites (tertiary alicyclic amines) is 1. The summed E-state index contributed by atoms with van der Waals surface area (Å²) in [4.78, 5) is 19.1. The average molecular weight is 311 g/mol. The Morgan fingerprint density at radius 2 is 2.09 bits per heavy atom. The Hall–Kier alpha value is -0.650. The maximum Gasteiger partial charge on any atom is 0.222 e. The molecule has 0 aromatic rings. The minimum atomic E-state index is 0.143. The largest absolute Gasteiger partial charge is 0.379 e. The van der Waals surface area contributed by atoms with Crippen LogP contribution in [0.15, 0.2) is 0 Å². The number of nitrogens with zero attached hydrogens (tertiary/aromatic N) is 3. The van der Waals surface area contributed by atoms with Gasteiger partial charge in [0.1, 0.15) is 0 Å². The van der Waals surface area contributed by atoms with E-state index in [-0.39, 0.29) is 5.41 Å². The molecule has 2 aliphatic rings. The van der Waals surface area contributed by atoms with Gasteiger partial charge in [0.2, 0.25) is 5.91 Å². The van der Waals surface area contributed by atoms with E-state index >= 15 is 0 Å². The van der Waals surface area contributed by atoms with Gasteiger partial charge in [0.25, 0.3) is 0 Å². The minimum Gasteiger partial charge on any atom is -0.379 e. The molecule has 0 aromatic carbocycles. The Kier molecular flexibility index (Phi) is 6.66. The maximum absolute atomic E-state index is 12.3. The van der Waals surface area contributed by atoms with Crippen LogP contribution < -0.4 is 0 Å². The average Bonchev–Trinajstić information content (AvgIpc) is 2.68. The normalized spacial score (nSPS) is 27.4. The van der Waals surface area contributed by atoms with E-state index in [9.17, 15) is 4.79 Å². The lowest BCUT2D eigenvalue weighted by Crippen LogP contribution is -2.52. The van der Waals surface area contributed by atoms with E-state index in [2.05, 4.69) is 35.7 Å². The quantitative estimate of drug-likeness (QED) is 0.766. The van der Waals surface area contributed by atoms with Crippen molar-refractivity contribution < 1.29 is 9.53 Å². The Morgan fingerprint density at radius 1 is 1.27 bits per heavy atom. The molecular weight excluding hydrogens is 278 g/mol. The molecule has 2 fully saturated rings. The number of carbonyl (C=O) groups is 1. The lowest BCUT2D eigenvalue weighted by atomic mass is 9.80. The van der Waals surface area contributed by atoms with Gasteiger partial charge in [-0.1, -0.05) is 6.92 Å². The van der Waals surface area contributed by atoms with Crippen molar-refractivity contribution in [2.24, 2.45) is 5.41 Å². The zero-order valence-corrected chi connectivity index (χ0v) is 14.6. The fraction of sp³-hybridized carbons (Fsp3) is 0.941. The number of rotatable bonds is 5. The minimum absolute atomic E-state index is 0.143. The Morgan fingerprint density at radius 3 is 2.82 bits per heavy atom. The lowest BCUT2D eigenvalue weighted by Gasteiger charge is -2.43. The molecule has 0 saturated carbocycles. The van der Waals surface area contributed by atoms with Gasteiger partial charge < -0.3 is 14.5 Å². The summed E-state index contributed by atoms with van der Waals surface area (Å²) in [6.07, 6.45) is 3.91. The van der Waals surface area contributed by atoms with Crippen molar-refractivity contribution in [3.8, 4) is 0 Å². The third-order valence-electron chi connectivity index (χ3n) is 4.86. The Bertz CT molecular complexity index is 362. The molecule has 5 heteroatoms. The molecule has 0 radical (unpaired) electrons. The van der Waals surface area contributed by atoms with E-state index in [1.54, 1.807) is 0 Å². The first-order valence-corrected chi connectivity index (χ1v) is 8.77. The van der Waals surface area contributed by atoms with Crippen molar-refractivity contribution in [1.29, 1.82) is 0 Å². The molecule has 0 bridgehead atoms. The lowest BCUT2D eigenvalue weighted by molar-refractivity contribution is -0.136. The van der Waals surface area contributed by atoms with Crippen LogP contribution in [-0.4, -0.2) is 87.2 Å². The predicted molar refractivity (Wildman–Crippen MR) is 89.0 cm³/mol. The second-order valence-electron chi connectivity index (χ2n) is 7.30. The van der Waals surface area contributed by atoms with E-state index in [1.807, 2.05) is 0 Å². The van der Waals surface area contributed by atoms with Gasteiger partial charge >= 0.3 is 0 Å². The van der Waals surface area contributed by atoms with Gasteiger partial charge in [-0.05, 0) is 33.4 Å². The summed E-state index contributed by atoms with van der Waals surface area (Å²) in [5.74, 6) is 0.325. The van der Waals surface area contributed by atoms with Crippen LogP contribution in [0, 0.1) is 5.41 Å². The number of hydrogen-bond acceptors (Lipinski definition) is 4. The summed E-state index contributed by atoms with van der Waals surface area (Å²) in [5.41, 5.74) is 0.143. The van der Waals surface area contributed by atoms with E-state index < -0.39 is 0 Å². The highest BCUT2D eigenvalue weighted by Crippen LogP contribution is 2.33. The summed E-state index contributed by atoms with van der Waals surface area (Å²) in [6.45, 7) is 9.75. The SMILES string of the molecule is CCCC(=O)N1CCCC2(COCCN(CCN(C)C)C2)C1. The second kappa shape index (κ2) is 8.27. The summed E-state index contributed by atoms with van der Waals surface area (Å²) >= 11 is 0. The van der Waals surface area contributed by atoms with Crippen molar-refractivity contribution in [3.05, 3.63) is 0 Å². The van der Waals surface area contributed by atoms with Crippen LogP contribution in [0.1, 0.15) is 32.6 Å². The topological polar surface area (TPSA) is 36.0 Å². The molecule has 0 N–H and O–H groups in total. The molecule has 2 aliphatic heterocycles. The Labute approximate surface area is 135 Å². The summed E-state index contributed by atoms with van der Waals surface area (Å²) < 4.78 is 5.92. The van der Waals surface area contributed by atoms with Crippen LogP contribution in [0.3, 0.4) is 0 Å². The summed E-state index contributed by atoms with van der Waals surface area (Å²) in [6, 6.07) is 0. The fourth-order valence-electron chi connectivity index (χ4n) is 3.65. The fourth-order valence-corrected chi connectivity index (χ4v) is 3.65. The van der Waals surface area contributed by atoms with Gasteiger partial charge in [0, 0.05) is 51.1 Å². The van der Waals surface area contributed by atoms with Crippen molar-refractivity contribution >= 4 is 5.91 Å². The number of hydrogen-bond donors (Lipinski definition) is 0. The van der Waals surface area contributed by atoms with Crippen molar-refractivity contribution in [1.82, 2.24) is 14.7 Å². The molecule has 0 aliphatic carbocycles. The summed E-state index contributed by atoms with van der Waals surface area (Å²) in [5, 5.41) is 0. The smallest absolute Gasteiger partial charge is 0.222 e. The Balaban J connectivity index is 1.98. The standard InChI is InChI=1S/C17H33N3O2/c1-4-6-16(21)20-8-5-7-17(14-20)13-19(10-9-18(2)3)11-12-22-15-17/h4-15H2,1-3H3. The van der Waals surface area contributed by atoms with Crippen LogP contribution >= 0.6 is 0 Å². The molecule has 1 spiro atoms. The van der Waals surface area contributed by atoms with Gasteiger partial charge in [0.15, 0.2) is 0 Å². The molecule has 128 valence electrons. The molecular formula is C17H33N3O2. The third-order valence-corrected chi connectivity index (χ3v) is 4.86. The second-order valence-corrected chi connectivity index (χ2v) is 7.30. The highest BCUT2D eigenvalue weighted by atomic mass is 16.5. The maximum atomic E-state index is 12.3. The third kappa shape index (κ3) is 4.93. The zero-order valence-electron chi connectivity index (χ0n) is 14.6. The van der Waals surface area contributed by atoms with E-state index in [0.29, 0.717) is 12.3 Å². The van der Waals surface area contributed by atoms with E-state index in [1.165, 1.54) is 6.42 Å².